The fraction of sp³-hybridized carbons (Fsp3) is 0.667. The van der Waals surface area contributed by atoms with Crippen molar-refractivity contribution in [3.8, 4) is 0 Å². The molecule has 0 saturated heterocycles. The Balaban J connectivity index is 4.17. The van der Waals surface area contributed by atoms with Gasteiger partial charge in [-0.15, -0.1) is 0 Å². The van der Waals surface area contributed by atoms with E-state index in [-0.39, 0.29) is 5.97 Å². The molecule has 0 unspecified atom stereocenters. The zero-order valence-electron chi connectivity index (χ0n) is 8.66. The standard InChI is InChI=1S/C9H17O3P/c1-5-12-9(10)6-8(2)7-13(3,4)11/h6H,5,7H2,1-4H3/b8-6+. The highest BCUT2D eigenvalue weighted by molar-refractivity contribution is 7.62. The van der Waals surface area contributed by atoms with Gasteiger partial charge in [-0.05, 0) is 27.2 Å². The van der Waals surface area contributed by atoms with Gasteiger partial charge < -0.3 is 9.30 Å². The lowest BCUT2D eigenvalue weighted by molar-refractivity contribution is -0.137. The van der Waals surface area contributed by atoms with E-state index in [1.165, 1.54) is 6.08 Å². The fourth-order valence-electron chi connectivity index (χ4n) is 1.03. The van der Waals surface area contributed by atoms with Gasteiger partial charge in [0.1, 0.15) is 0 Å². The van der Waals surface area contributed by atoms with E-state index < -0.39 is 7.14 Å². The monoisotopic (exact) mass is 204 g/mol. The van der Waals surface area contributed by atoms with Crippen LogP contribution in [0.4, 0.5) is 0 Å². The van der Waals surface area contributed by atoms with Crippen LogP contribution in [0, 0.1) is 0 Å². The predicted molar refractivity (Wildman–Crippen MR) is 54.7 cm³/mol. The molecule has 0 atom stereocenters. The molecule has 0 bridgehead atoms. The van der Waals surface area contributed by atoms with Gasteiger partial charge in [0, 0.05) is 12.2 Å². The van der Waals surface area contributed by atoms with Gasteiger partial charge in [-0.2, -0.15) is 0 Å². The number of rotatable bonds is 4. The van der Waals surface area contributed by atoms with Gasteiger partial charge in [0.05, 0.1) is 13.7 Å². The van der Waals surface area contributed by atoms with Crippen molar-refractivity contribution in [2.45, 2.75) is 13.8 Å². The zero-order chi connectivity index (χ0) is 10.5. The van der Waals surface area contributed by atoms with Crippen molar-refractivity contribution < 1.29 is 14.1 Å². The lowest BCUT2D eigenvalue weighted by Gasteiger charge is -2.05. The number of allylic oxidation sites excluding steroid dienone is 1. The first kappa shape index (κ1) is 12.4. The Bertz CT molecular complexity index is 250. The van der Waals surface area contributed by atoms with Crippen molar-refractivity contribution in [3.63, 3.8) is 0 Å². The molecule has 13 heavy (non-hydrogen) atoms. The summed E-state index contributed by atoms with van der Waals surface area (Å²) in [4.78, 5) is 11.0. The summed E-state index contributed by atoms with van der Waals surface area (Å²) in [7, 11) is -2.07. The van der Waals surface area contributed by atoms with Gasteiger partial charge in [0.2, 0.25) is 0 Å². The number of hydrogen-bond donors (Lipinski definition) is 0. The SMILES string of the molecule is CCOC(=O)/C=C(\C)CP(C)(C)=O. The smallest absolute Gasteiger partial charge is 0.330 e. The van der Waals surface area contributed by atoms with Gasteiger partial charge in [-0.25, -0.2) is 4.79 Å². The second-order valence-electron chi connectivity index (χ2n) is 3.47. The Morgan fingerprint density at radius 1 is 1.46 bits per heavy atom. The van der Waals surface area contributed by atoms with Crippen molar-refractivity contribution in [2.24, 2.45) is 0 Å². The molecule has 0 radical (unpaired) electrons. The summed E-state index contributed by atoms with van der Waals surface area (Å²) in [6, 6.07) is 0. The van der Waals surface area contributed by atoms with Crippen LogP contribution >= 0.6 is 7.14 Å². The van der Waals surface area contributed by atoms with Crippen LogP contribution in [0.15, 0.2) is 11.6 Å². The highest BCUT2D eigenvalue weighted by Gasteiger charge is 2.08. The number of esters is 1. The van der Waals surface area contributed by atoms with E-state index in [4.69, 9.17) is 4.74 Å². The van der Waals surface area contributed by atoms with Crippen LogP contribution in [0.5, 0.6) is 0 Å². The van der Waals surface area contributed by atoms with Crippen LogP contribution in [0.2, 0.25) is 0 Å². The summed E-state index contributed by atoms with van der Waals surface area (Å²) < 4.78 is 16.1. The summed E-state index contributed by atoms with van der Waals surface area (Å²) in [6.45, 7) is 7.33. The third-order valence-corrected chi connectivity index (χ3v) is 2.54. The van der Waals surface area contributed by atoms with E-state index in [0.717, 1.165) is 5.57 Å². The molecule has 0 aromatic rings. The third-order valence-electron chi connectivity index (χ3n) is 1.28. The summed E-state index contributed by atoms with van der Waals surface area (Å²) in [6.07, 6.45) is 1.88. The molecule has 0 fully saturated rings. The normalized spacial score (nSPS) is 12.8. The molecule has 0 saturated carbocycles. The van der Waals surface area contributed by atoms with Gasteiger partial charge >= 0.3 is 5.97 Å². The van der Waals surface area contributed by atoms with Crippen LogP contribution in [0.3, 0.4) is 0 Å². The Morgan fingerprint density at radius 2 is 2.00 bits per heavy atom. The molecule has 0 aliphatic heterocycles. The molecular weight excluding hydrogens is 187 g/mol. The average molecular weight is 204 g/mol. The average Bonchev–Trinajstić information content (AvgIpc) is 1.81. The van der Waals surface area contributed by atoms with Crippen molar-refractivity contribution in [2.75, 3.05) is 26.1 Å². The Hall–Kier alpha value is -0.560. The molecule has 0 aromatic carbocycles. The number of carbonyl (C=O) groups excluding carboxylic acids is 1. The first-order chi connectivity index (χ1) is 5.85. The number of hydrogen-bond acceptors (Lipinski definition) is 3. The summed E-state index contributed by atoms with van der Waals surface area (Å²) in [5.41, 5.74) is 0.812. The van der Waals surface area contributed by atoms with E-state index in [1.54, 1.807) is 27.2 Å². The maximum absolute atomic E-state index is 11.4. The Kier molecular flexibility index (Phi) is 5.01. The molecule has 0 aromatic heterocycles. The second kappa shape index (κ2) is 5.23. The highest BCUT2D eigenvalue weighted by atomic mass is 31.2. The molecule has 0 aliphatic carbocycles. The molecule has 0 amide bonds. The van der Waals surface area contributed by atoms with Crippen molar-refractivity contribution >= 4 is 13.1 Å². The van der Waals surface area contributed by atoms with Gasteiger partial charge in [0.25, 0.3) is 0 Å². The quantitative estimate of drug-likeness (QED) is 0.400. The molecule has 0 rings (SSSR count). The van der Waals surface area contributed by atoms with E-state index in [2.05, 4.69) is 0 Å². The third kappa shape index (κ3) is 7.79. The van der Waals surface area contributed by atoms with Gasteiger partial charge in [-0.1, -0.05) is 5.57 Å². The summed E-state index contributed by atoms with van der Waals surface area (Å²) >= 11 is 0. The fourth-order valence-corrected chi connectivity index (χ4v) is 2.32. The Morgan fingerprint density at radius 3 is 2.38 bits per heavy atom. The van der Waals surface area contributed by atoms with Crippen molar-refractivity contribution in [3.05, 3.63) is 11.6 Å². The lowest BCUT2D eigenvalue weighted by atomic mass is 10.3. The number of carbonyl (C=O) groups is 1. The molecule has 0 spiro atoms. The van der Waals surface area contributed by atoms with Crippen molar-refractivity contribution in [1.82, 2.24) is 0 Å². The molecule has 0 N–H and O–H groups in total. The van der Waals surface area contributed by atoms with E-state index in [0.29, 0.717) is 12.8 Å². The van der Waals surface area contributed by atoms with E-state index >= 15 is 0 Å². The van der Waals surface area contributed by atoms with Gasteiger partial charge in [-0.3, -0.25) is 0 Å². The van der Waals surface area contributed by atoms with Crippen LogP contribution in [0.1, 0.15) is 13.8 Å². The van der Waals surface area contributed by atoms with Crippen LogP contribution < -0.4 is 0 Å². The van der Waals surface area contributed by atoms with Crippen LogP contribution in [0.25, 0.3) is 0 Å². The minimum atomic E-state index is -2.07. The maximum atomic E-state index is 11.4. The molecule has 4 heteroatoms. The first-order valence-corrected chi connectivity index (χ1v) is 7.01. The molecule has 0 aliphatic rings. The molecule has 76 valence electrons. The van der Waals surface area contributed by atoms with Crippen LogP contribution in [-0.4, -0.2) is 32.1 Å². The second-order valence-corrected chi connectivity index (χ2v) is 6.94. The predicted octanol–water partition coefficient (Wildman–Crippen LogP) is 2.12. The Labute approximate surface area is 79.5 Å². The summed E-state index contributed by atoms with van der Waals surface area (Å²) in [5, 5.41) is 0. The number of ether oxygens (including phenoxy) is 1. The maximum Gasteiger partial charge on any atom is 0.330 e. The van der Waals surface area contributed by atoms with Crippen molar-refractivity contribution in [1.29, 1.82) is 0 Å². The first-order valence-electron chi connectivity index (χ1n) is 4.23. The molecular formula is C9H17O3P. The minimum Gasteiger partial charge on any atom is -0.463 e. The van der Waals surface area contributed by atoms with Crippen LogP contribution in [-0.2, 0) is 14.1 Å². The highest BCUT2D eigenvalue weighted by Crippen LogP contribution is 2.37. The molecule has 3 nitrogen and oxygen atoms in total. The van der Waals surface area contributed by atoms with E-state index in [9.17, 15) is 9.36 Å². The summed E-state index contributed by atoms with van der Waals surface area (Å²) in [5.74, 6) is -0.353. The minimum absolute atomic E-state index is 0.353. The van der Waals surface area contributed by atoms with E-state index in [1.807, 2.05) is 0 Å². The zero-order valence-corrected chi connectivity index (χ0v) is 9.56. The topological polar surface area (TPSA) is 43.4 Å². The molecule has 0 heterocycles. The van der Waals surface area contributed by atoms with Gasteiger partial charge in [0.15, 0.2) is 0 Å². The lowest BCUT2D eigenvalue weighted by Crippen LogP contribution is -2.01. The largest absolute Gasteiger partial charge is 0.463 e.